The fourth-order valence-electron chi connectivity index (χ4n) is 4.16. The van der Waals surface area contributed by atoms with E-state index in [4.69, 9.17) is 0 Å². The van der Waals surface area contributed by atoms with Gasteiger partial charge in [0.15, 0.2) is 4.34 Å². The van der Waals surface area contributed by atoms with Crippen molar-refractivity contribution in [2.24, 2.45) is 0 Å². The van der Waals surface area contributed by atoms with Crippen molar-refractivity contribution in [2.45, 2.75) is 99.7 Å². The molecule has 1 unspecified atom stereocenters. The second-order valence-corrected chi connectivity index (χ2v) is 10.1. The van der Waals surface area contributed by atoms with Crippen LogP contribution in [0.1, 0.15) is 78.1 Å². The van der Waals surface area contributed by atoms with E-state index in [-0.39, 0.29) is 11.2 Å². The molecule has 0 aromatic carbocycles. The van der Waals surface area contributed by atoms with Gasteiger partial charge in [0.25, 0.3) is 0 Å². The summed E-state index contributed by atoms with van der Waals surface area (Å²) in [6.45, 7) is 4.91. The van der Waals surface area contributed by atoms with Gasteiger partial charge in [0, 0.05) is 18.6 Å². The van der Waals surface area contributed by atoms with Gasteiger partial charge in [-0.05, 0) is 39.5 Å². The monoisotopic (exact) mass is 396 g/mol. The molecule has 1 amide bonds. The molecule has 0 radical (unpaired) electrons. The molecule has 1 N–H and O–H groups in total. The molecule has 5 nitrogen and oxygen atoms in total. The minimum absolute atomic E-state index is 0.104. The van der Waals surface area contributed by atoms with Crippen LogP contribution in [-0.4, -0.2) is 44.9 Å². The third kappa shape index (κ3) is 5.35. The first-order valence-corrected chi connectivity index (χ1v) is 11.9. The summed E-state index contributed by atoms with van der Waals surface area (Å²) in [6, 6.07) is 0.970. The molecule has 2 saturated carbocycles. The molecule has 2 fully saturated rings. The SMILES string of the molecule is CCN(C(=O)C(C)Sc1nnc(NC2CCCCC2)s1)C1CCCCC1. The third-order valence-corrected chi connectivity index (χ3v) is 7.63. The van der Waals surface area contributed by atoms with Crippen molar-refractivity contribution in [3.8, 4) is 0 Å². The number of carbonyl (C=O) groups excluding carboxylic acids is 1. The van der Waals surface area contributed by atoms with Gasteiger partial charge in [-0.15, -0.1) is 10.2 Å². The fourth-order valence-corrected chi connectivity index (χ4v) is 6.20. The first kappa shape index (κ1) is 19.9. The number of carbonyl (C=O) groups is 1. The van der Waals surface area contributed by atoms with E-state index < -0.39 is 0 Å². The van der Waals surface area contributed by atoms with Crippen molar-refractivity contribution >= 4 is 34.1 Å². The second-order valence-electron chi connectivity index (χ2n) is 7.53. The number of rotatable bonds is 7. The highest BCUT2D eigenvalue weighted by atomic mass is 32.2. The van der Waals surface area contributed by atoms with Crippen LogP contribution in [0.4, 0.5) is 5.13 Å². The van der Waals surface area contributed by atoms with Crippen molar-refractivity contribution in [1.29, 1.82) is 0 Å². The number of hydrogen-bond acceptors (Lipinski definition) is 6. The molecule has 0 bridgehead atoms. The molecule has 7 heteroatoms. The molecule has 0 aliphatic heterocycles. The Morgan fingerprint density at radius 1 is 1.15 bits per heavy atom. The van der Waals surface area contributed by atoms with Gasteiger partial charge in [-0.1, -0.05) is 61.6 Å². The Bertz CT molecular complexity index is 568. The molecular weight excluding hydrogens is 364 g/mol. The summed E-state index contributed by atoms with van der Waals surface area (Å²) in [7, 11) is 0. The number of nitrogens with zero attached hydrogens (tertiary/aromatic N) is 3. The van der Waals surface area contributed by atoms with Gasteiger partial charge in [0.05, 0.1) is 5.25 Å². The predicted octanol–water partition coefficient (Wildman–Crippen LogP) is 4.94. The van der Waals surface area contributed by atoms with E-state index >= 15 is 0 Å². The zero-order valence-corrected chi connectivity index (χ0v) is 17.7. The topological polar surface area (TPSA) is 58.1 Å². The average Bonchev–Trinajstić information content (AvgIpc) is 3.10. The Morgan fingerprint density at radius 3 is 2.46 bits per heavy atom. The van der Waals surface area contributed by atoms with E-state index in [1.165, 1.54) is 51.4 Å². The smallest absolute Gasteiger partial charge is 0.236 e. The number of hydrogen-bond donors (Lipinski definition) is 1. The lowest BCUT2D eigenvalue weighted by molar-refractivity contribution is -0.133. The van der Waals surface area contributed by atoms with Crippen LogP contribution in [0, 0.1) is 0 Å². The summed E-state index contributed by atoms with van der Waals surface area (Å²) in [4.78, 5) is 15.0. The van der Waals surface area contributed by atoms with E-state index in [2.05, 4.69) is 27.3 Å². The van der Waals surface area contributed by atoms with Crippen LogP contribution in [0.25, 0.3) is 0 Å². The molecule has 2 aliphatic rings. The van der Waals surface area contributed by atoms with Crippen LogP contribution >= 0.6 is 23.1 Å². The summed E-state index contributed by atoms with van der Waals surface area (Å²) < 4.78 is 0.892. The van der Waals surface area contributed by atoms with E-state index in [1.807, 2.05) is 6.92 Å². The van der Waals surface area contributed by atoms with Gasteiger partial charge in [0.2, 0.25) is 11.0 Å². The third-order valence-electron chi connectivity index (χ3n) is 5.60. The summed E-state index contributed by atoms with van der Waals surface area (Å²) in [6.07, 6.45) is 12.5. The number of anilines is 1. The van der Waals surface area contributed by atoms with Gasteiger partial charge >= 0.3 is 0 Å². The lowest BCUT2D eigenvalue weighted by atomic mass is 9.94. The van der Waals surface area contributed by atoms with Crippen LogP contribution in [0.15, 0.2) is 4.34 Å². The molecule has 1 aromatic rings. The molecule has 2 aliphatic carbocycles. The van der Waals surface area contributed by atoms with Crippen LogP contribution in [-0.2, 0) is 4.79 Å². The maximum absolute atomic E-state index is 12.9. The highest BCUT2D eigenvalue weighted by molar-refractivity contribution is 8.02. The summed E-state index contributed by atoms with van der Waals surface area (Å²) >= 11 is 3.14. The molecule has 1 atom stereocenters. The zero-order valence-electron chi connectivity index (χ0n) is 16.1. The quantitative estimate of drug-likeness (QED) is 0.661. The molecular formula is C19H32N4OS2. The van der Waals surface area contributed by atoms with Crippen molar-refractivity contribution in [1.82, 2.24) is 15.1 Å². The van der Waals surface area contributed by atoms with Crippen LogP contribution in [0.5, 0.6) is 0 Å². The highest BCUT2D eigenvalue weighted by Gasteiger charge is 2.28. The Hall–Kier alpha value is -0.820. The van der Waals surface area contributed by atoms with Gasteiger partial charge < -0.3 is 10.2 Å². The molecule has 0 spiro atoms. The molecule has 1 aromatic heterocycles. The first-order valence-electron chi connectivity index (χ1n) is 10.2. The molecule has 3 rings (SSSR count). The number of thioether (sulfide) groups is 1. The van der Waals surface area contributed by atoms with E-state index in [0.29, 0.717) is 12.1 Å². The van der Waals surface area contributed by atoms with Gasteiger partial charge in [-0.2, -0.15) is 0 Å². The number of aromatic nitrogens is 2. The molecule has 146 valence electrons. The zero-order chi connectivity index (χ0) is 18.4. The van der Waals surface area contributed by atoms with Crippen LogP contribution < -0.4 is 5.32 Å². The normalized spacial score (nSPS) is 20.7. The minimum atomic E-state index is -0.104. The van der Waals surface area contributed by atoms with Crippen LogP contribution in [0.3, 0.4) is 0 Å². The summed E-state index contributed by atoms with van der Waals surface area (Å²) in [5.74, 6) is 0.251. The number of amides is 1. The van der Waals surface area contributed by atoms with E-state index in [1.54, 1.807) is 23.1 Å². The Balaban J connectivity index is 1.53. The predicted molar refractivity (Wildman–Crippen MR) is 110 cm³/mol. The second kappa shape index (κ2) is 9.93. The molecule has 0 saturated heterocycles. The van der Waals surface area contributed by atoms with E-state index in [0.717, 1.165) is 28.9 Å². The minimum Gasteiger partial charge on any atom is -0.357 e. The van der Waals surface area contributed by atoms with Gasteiger partial charge in [-0.25, -0.2) is 0 Å². The van der Waals surface area contributed by atoms with E-state index in [9.17, 15) is 4.79 Å². The van der Waals surface area contributed by atoms with Crippen molar-refractivity contribution < 1.29 is 4.79 Å². The maximum atomic E-state index is 12.9. The van der Waals surface area contributed by atoms with Crippen molar-refractivity contribution in [2.75, 3.05) is 11.9 Å². The lowest BCUT2D eigenvalue weighted by Crippen LogP contribution is -2.44. The number of nitrogens with one attached hydrogen (secondary N) is 1. The van der Waals surface area contributed by atoms with Crippen LogP contribution in [0.2, 0.25) is 0 Å². The van der Waals surface area contributed by atoms with Gasteiger partial charge in [-0.3, -0.25) is 4.79 Å². The lowest BCUT2D eigenvalue weighted by Gasteiger charge is -2.35. The maximum Gasteiger partial charge on any atom is 0.236 e. The van der Waals surface area contributed by atoms with Crippen molar-refractivity contribution in [3.05, 3.63) is 0 Å². The Morgan fingerprint density at radius 2 is 1.81 bits per heavy atom. The first-order chi connectivity index (χ1) is 12.7. The molecule has 26 heavy (non-hydrogen) atoms. The standard InChI is InChI=1S/C19H32N4OS2/c1-3-23(16-12-8-5-9-13-16)17(24)14(2)25-19-22-21-18(26-19)20-15-10-6-4-7-11-15/h14-16H,3-13H2,1-2H3,(H,20,21). The highest BCUT2D eigenvalue weighted by Crippen LogP contribution is 2.32. The summed E-state index contributed by atoms with van der Waals surface area (Å²) in [5, 5.41) is 12.9. The Labute approximate surface area is 165 Å². The van der Waals surface area contributed by atoms with Crippen molar-refractivity contribution in [3.63, 3.8) is 0 Å². The average molecular weight is 397 g/mol. The Kier molecular flexibility index (Phi) is 7.61. The van der Waals surface area contributed by atoms with Gasteiger partial charge in [0.1, 0.15) is 0 Å². The largest absolute Gasteiger partial charge is 0.357 e. The summed E-state index contributed by atoms with van der Waals surface area (Å²) in [5.41, 5.74) is 0. The fraction of sp³-hybridized carbons (Fsp3) is 0.842. The molecule has 1 heterocycles.